The molecule has 0 aliphatic rings. The molecule has 7 nitrogen and oxygen atoms in total. The summed E-state index contributed by atoms with van der Waals surface area (Å²) in [4.78, 5) is 12.6. The Balaban J connectivity index is 1.70. The minimum atomic E-state index is -0.582. The van der Waals surface area contributed by atoms with E-state index in [-0.39, 0.29) is 12.2 Å². The number of nitrogens with one attached hydrogen (secondary N) is 1. The number of benzene rings is 2. The van der Waals surface area contributed by atoms with Gasteiger partial charge in [-0.15, -0.1) is 10.2 Å². The smallest absolute Gasteiger partial charge is 0.268 e. The largest absolute Gasteiger partial charge is 0.490 e. The van der Waals surface area contributed by atoms with E-state index < -0.39 is 5.91 Å². The zero-order valence-corrected chi connectivity index (χ0v) is 21.7. The summed E-state index contributed by atoms with van der Waals surface area (Å²) >= 11 is 7.43. The highest BCUT2D eigenvalue weighted by molar-refractivity contribution is 7.15. The first-order valence-corrected chi connectivity index (χ1v) is 12.4. The van der Waals surface area contributed by atoms with Crippen LogP contribution in [0.5, 0.6) is 11.5 Å². The molecule has 2 aromatic carbocycles. The number of aromatic nitrogens is 2. The molecule has 0 atom stereocenters. The molecule has 3 rings (SSSR count). The summed E-state index contributed by atoms with van der Waals surface area (Å²) < 4.78 is 11.9. The third-order valence-electron chi connectivity index (χ3n) is 5.02. The molecule has 1 N–H and O–H groups in total. The second-order valence-electron chi connectivity index (χ2n) is 8.05. The first-order valence-electron chi connectivity index (χ1n) is 11.2. The quantitative estimate of drug-likeness (QED) is 0.198. The van der Waals surface area contributed by atoms with Crippen LogP contribution in [-0.4, -0.2) is 29.3 Å². The van der Waals surface area contributed by atoms with Crippen LogP contribution in [0.4, 0.5) is 5.13 Å². The maximum absolute atomic E-state index is 12.6. The van der Waals surface area contributed by atoms with E-state index in [2.05, 4.69) is 41.5 Å². The highest BCUT2D eigenvalue weighted by Gasteiger charge is 2.14. The molecule has 0 aliphatic heterocycles. The molecule has 182 valence electrons. The fourth-order valence-corrected chi connectivity index (χ4v) is 4.08. The van der Waals surface area contributed by atoms with E-state index in [1.54, 1.807) is 18.2 Å². The third kappa shape index (κ3) is 7.28. The van der Waals surface area contributed by atoms with Gasteiger partial charge in [0.25, 0.3) is 5.91 Å². The molecule has 0 saturated heterocycles. The number of aryl methyl sites for hydroxylation is 2. The lowest BCUT2D eigenvalue weighted by Gasteiger charge is -2.16. The number of carbonyl (C=O) groups excluding carboxylic acids is 1. The number of nitriles is 1. The van der Waals surface area contributed by atoms with E-state index >= 15 is 0 Å². The molecule has 0 radical (unpaired) electrons. The van der Waals surface area contributed by atoms with E-state index in [4.69, 9.17) is 21.1 Å². The van der Waals surface area contributed by atoms with Crippen LogP contribution in [0, 0.1) is 18.3 Å². The van der Waals surface area contributed by atoms with Gasteiger partial charge in [0.15, 0.2) is 0 Å². The molecule has 0 bridgehead atoms. The van der Waals surface area contributed by atoms with Crippen molar-refractivity contribution in [3.8, 4) is 17.6 Å². The maximum Gasteiger partial charge on any atom is 0.268 e. The minimum Gasteiger partial charge on any atom is -0.490 e. The van der Waals surface area contributed by atoms with Gasteiger partial charge in [-0.2, -0.15) is 5.26 Å². The molecular weight excluding hydrogens is 484 g/mol. The molecular formula is C26H27ClN4O3S. The lowest BCUT2D eigenvalue weighted by molar-refractivity contribution is -0.112. The molecule has 3 aromatic rings. The van der Waals surface area contributed by atoms with Crippen LogP contribution >= 0.6 is 22.9 Å². The summed E-state index contributed by atoms with van der Waals surface area (Å²) in [5.74, 6) is 1.08. The Labute approximate surface area is 214 Å². The van der Waals surface area contributed by atoms with Crippen molar-refractivity contribution in [3.05, 3.63) is 68.7 Å². The van der Waals surface area contributed by atoms with Crippen molar-refractivity contribution < 1.29 is 14.3 Å². The van der Waals surface area contributed by atoms with Gasteiger partial charge < -0.3 is 9.47 Å². The predicted octanol–water partition coefficient (Wildman–Crippen LogP) is 6.19. The summed E-state index contributed by atoms with van der Waals surface area (Å²) in [5.41, 5.74) is 2.66. The lowest BCUT2D eigenvalue weighted by atomic mass is 10.0. The van der Waals surface area contributed by atoms with Gasteiger partial charge in [0.1, 0.15) is 41.4 Å². The van der Waals surface area contributed by atoms with Gasteiger partial charge in [-0.05, 0) is 60.7 Å². The summed E-state index contributed by atoms with van der Waals surface area (Å²) in [6.07, 6.45) is 2.15. The number of halogens is 1. The Morgan fingerprint density at radius 3 is 2.57 bits per heavy atom. The fraction of sp³-hybridized carbons (Fsp3) is 0.308. The number of ether oxygens (including phenoxy) is 2. The Morgan fingerprint density at radius 2 is 1.91 bits per heavy atom. The van der Waals surface area contributed by atoms with Crippen LogP contribution in [0.2, 0.25) is 5.02 Å². The van der Waals surface area contributed by atoms with E-state index in [1.165, 1.54) is 17.4 Å². The van der Waals surface area contributed by atoms with Gasteiger partial charge in [0.2, 0.25) is 5.13 Å². The number of hydrogen-bond donors (Lipinski definition) is 1. The van der Waals surface area contributed by atoms with Crippen LogP contribution < -0.4 is 14.8 Å². The summed E-state index contributed by atoms with van der Waals surface area (Å²) in [6, 6.07) is 13.1. The van der Waals surface area contributed by atoms with Crippen molar-refractivity contribution in [3.63, 3.8) is 0 Å². The molecule has 0 saturated carbocycles. The molecule has 9 heteroatoms. The molecule has 0 aliphatic carbocycles. The van der Waals surface area contributed by atoms with E-state index in [9.17, 15) is 10.1 Å². The topological polar surface area (TPSA) is 97.1 Å². The zero-order chi connectivity index (χ0) is 25.4. The highest BCUT2D eigenvalue weighted by atomic mass is 35.5. The normalized spacial score (nSPS) is 11.3. The van der Waals surface area contributed by atoms with Gasteiger partial charge >= 0.3 is 0 Å². The Morgan fingerprint density at radius 1 is 1.17 bits per heavy atom. The summed E-state index contributed by atoms with van der Waals surface area (Å²) in [6.45, 7) is 8.82. The number of amides is 1. The maximum atomic E-state index is 12.6. The zero-order valence-electron chi connectivity index (χ0n) is 20.1. The van der Waals surface area contributed by atoms with Crippen LogP contribution in [0.15, 0.2) is 42.0 Å². The first-order chi connectivity index (χ1) is 16.8. The van der Waals surface area contributed by atoms with Crippen molar-refractivity contribution in [1.29, 1.82) is 5.26 Å². The van der Waals surface area contributed by atoms with E-state index in [1.807, 2.05) is 26.0 Å². The van der Waals surface area contributed by atoms with Crippen molar-refractivity contribution in [1.82, 2.24) is 10.2 Å². The third-order valence-corrected chi connectivity index (χ3v) is 6.23. The van der Waals surface area contributed by atoms with Crippen LogP contribution in [-0.2, 0) is 11.2 Å². The number of rotatable bonds is 10. The molecule has 0 unspecified atom stereocenters. The van der Waals surface area contributed by atoms with Crippen molar-refractivity contribution in [2.24, 2.45) is 0 Å². The first kappa shape index (κ1) is 26.2. The Bertz CT molecular complexity index is 1260. The molecule has 1 heterocycles. The van der Waals surface area contributed by atoms with E-state index in [0.717, 1.165) is 21.9 Å². The fourth-order valence-electron chi connectivity index (χ4n) is 3.23. The molecule has 0 fully saturated rings. The van der Waals surface area contributed by atoms with Gasteiger partial charge in [-0.3, -0.25) is 10.1 Å². The average Bonchev–Trinajstić information content (AvgIpc) is 3.28. The lowest BCUT2D eigenvalue weighted by Crippen LogP contribution is -2.13. The van der Waals surface area contributed by atoms with Crippen molar-refractivity contribution in [2.75, 3.05) is 18.5 Å². The van der Waals surface area contributed by atoms with Crippen LogP contribution in [0.1, 0.15) is 48.4 Å². The summed E-state index contributed by atoms with van der Waals surface area (Å²) in [7, 11) is 0. The number of anilines is 1. The van der Waals surface area contributed by atoms with Crippen LogP contribution in [0.25, 0.3) is 6.08 Å². The SMILES string of the molecule is CCc1nnc(NC(=O)/C(C#N)=C\c2cc(Cl)ccc2OCCOc2cc(C)ccc2C(C)C)s1. The Kier molecular flexibility index (Phi) is 9.24. The molecule has 1 aromatic heterocycles. The second kappa shape index (κ2) is 12.3. The minimum absolute atomic E-state index is 0.108. The van der Waals surface area contributed by atoms with Crippen molar-refractivity contribution in [2.45, 2.75) is 40.0 Å². The number of carbonyl (C=O) groups is 1. The second-order valence-corrected chi connectivity index (χ2v) is 9.55. The van der Waals surface area contributed by atoms with Gasteiger partial charge in [0, 0.05) is 10.6 Å². The number of nitrogens with zero attached hydrogens (tertiary/aromatic N) is 3. The standard InChI is InChI=1S/C26H27ClN4O3S/c1-5-24-30-31-26(35-24)29-25(32)19(15-28)13-18-14-20(27)7-9-22(18)33-10-11-34-23-12-17(4)6-8-21(23)16(2)3/h6-9,12-14,16H,5,10-11H2,1-4H3,(H,29,31,32)/b19-13-. The van der Waals surface area contributed by atoms with Gasteiger partial charge in [-0.25, -0.2) is 0 Å². The predicted molar refractivity (Wildman–Crippen MR) is 139 cm³/mol. The molecule has 0 spiro atoms. The summed E-state index contributed by atoms with van der Waals surface area (Å²) in [5, 5.41) is 21.7. The highest BCUT2D eigenvalue weighted by Crippen LogP contribution is 2.28. The molecule has 1 amide bonds. The number of hydrogen-bond acceptors (Lipinski definition) is 7. The van der Waals surface area contributed by atoms with Crippen molar-refractivity contribution >= 4 is 40.1 Å². The van der Waals surface area contributed by atoms with Crippen LogP contribution in [0.3, 0.4) is 0 Å². The Hall–Kier alpha value is -3.41. The monoisotopic (exact) mass is 510 g/mol. The molecule has 35 heavy (non-hydrogen) atoms. The average molecular weight is 511 g/mol. The van der Waals surface area contributed by atoms with Gasteiger partial charge in [0.05, 0.1) is 0 Å². The van der Waals surface area contributed by atoms with Gasteiger partial charge in [-0.1, -0.05) is 55.8 Å². The van der Waals surface area contributed by atoms with E-state index in [0.29, 0.717) is 40.4 Å².